The molecule has 1 amide bonds. The van der Waals surface area contributed by atoms with Gasteiger partial charge in [0, 0.05) is 32.1 Å². The molecule has 0 atom stereocenters. The zero-order valence-electron chi connectivity index (χ0n) is 16.5. The van der Waals surface area contributed by atoms with Crippen molar-refractivity contribution in [2.24, 2.45) is 5.73 Å². The first-order valence-corrected chi connectivity index (χ1v) is 9.04. The highest BCUT2D eigenvalue weighted by Gasteiger charge is 2.20. The summed E-state index contributed by atoms with van der Waals surface area (Å²) in [5, 5.41) is 12.6. The molecule has 0 saturated carbocycles. The number of aromatic nitrogens is 2. The van der Waals surface area contributed by atoms with E-state index in [-0.39, 0.29) is 17.8 Å². The van der Waals surface area contributed by atoms with Crippen LogP contribution in [0.4, 0.5) is 11.4 Å². The molecule has 154 valence electrons. The number of primary amides is 1. The normalized spacial score (nSPS) is 10.5. The summed E-state index contributed by atoms with van der Waals surface area (Å²) in [4.78, 5) is 42.3. The molecular formula is C21H21N5O4. The van der Waals surface area contributed by atoms with Gasteiger partial charge < -0.3 is 21.1 Å². The van der Waals surface area contributed by atoms with Crippen LogP contribution in [0, 0.1) is 0 Å². The van der Waals surface area contributed by atoms with E-state index in [4.69, 9.17) is 5.73 Å². The number of aromatic carboxylic acids is 1. The third kappa shape index (κ3) is 4.14. The van der Waals surface area contributed by atoms with E-state index < -0.39 is 23.0 Å². The van der Waals surface area contributed by atoms with Crippen LogP contribution in [0.5, 0.6) is 0 Å². The quantitative estimate of drug-likeness (QED) is 0.543. The van der Waals surface area contributed by atoms with Gasteiger partial charge in [0.1, 0.15) is 5.56 Å². The van der Waals surface area contributed by atoms with Gasteiger partial charge in [0.15, 0.2) is 0 Å². The van der Waals surface area contributed by atoms with Gasteiger partial charge in [0.2, 0.25) is 5.91 Å². The second kappa shape index (κ2) is 8.48. The van der Waals surface area contributed by atoms with Gasteiger partial charge in [-0.2, -0.15) is 0 Å². The molecule has 0 aliphatic heterocycles. The monoisotopic (exact) mass is 407 g/mol. The minimum Gasteiger partial charge on any atom is -0.477 e. The fraction of sp³-hybridized carbons (Fsp3) is 0.143. The van der Waals surface area contributed by atoms with Crippen LogP contribution >= 0.6 is 0 Å². The number of nitrogens with one attached hydrogen (secondary N) is 1. The van der Waals surface area contributed by atoms with E-state index in [1.54, 1.807) is 49.5 Å². The Morgan fingerprint density at radius 3 is 2.57 bits per heavy atom. The van der Waals surface area contributed by atoms with Crippen molar-refractivity contribution < 1.29 is 14.7 Å². The standard InChI is InChI=1S/C21H21N5O4/c1-25(2)17-11-13(19(22)27)6-7-16(17)26-10-8-15(18(20(26)28)21(29)30)24-12-14-5-3-4-9-23-14/h3-11,24H,12H2,1-2H3,(H2,22,27)(H,29,30). The van der Waals surface area contributed by atoms with Crippen LogP contribution in [0.3, 0.4) is 0 Å². The fourth-order valence-electron chi connectivity index (χ4n) is 3.01. The maximum atomic E-state index is 13.1. The average molecular weight is 407 g/mol. The first kappa shape index (κ1) is 20.6. The van der Waals surface area contributed by atoms with E-state index in [1.807, 2.05) is 6.07 Å². The van der Waals surface area contributed by atoms with Gasteiger partial charge in [-0.1, -0.05) is 6.07 Å². The van der Waals surface area contributed by atoms with Crippen LogP contribution in [0.2, 0.25) is 0 Å². The number of amides is 1. The van der Waals surface area contributed by atoms with Crippen molar-refractivity contribution in [3.8, 4) is 5.69 Å². The summed E-state index contributed by atoms with van der Waals surface area (Å²) in [6.07, 6.45) is 3.12. The maximum absolute atomic E-state index is 13.1. The van der Waals surface area contributed by atoms with Crippen molar-refractivity contribution in [2.75, 3.05) is 24.3 Å². The molecule has 0 aliphatic rings. The van der Waals surface area contributed by atoms with Gasteiger partial charge in [-0.05, 0) is 36.4 Å². The lowest BCUT2D eigenvalue weighted by Gasteiger charge is -2.20. The number of pyridine rings is 2. The van der Waals surface area contributed by atoms with Crippen molar-refractivity contribution in [3.63, 3.8) is 0 Å². The molecule has 0 bridgehead atoms. The largest absolute Gasteiger partial charge is 0.477 e. The molecule has 3 aromatic rings. The van der Waals surface area contributed by atoms with Gasteiger partial charge in [-0.25, -0.2) is 4.79 Å². The number of carbonyl (C=O) groups excluding carboxylic acids is 1. The highest BCUT2D eigenvalue weighted by atomic mass is 16.4. The number of hydrogen-bond acceptors (Lipinski definition) is 6. The molecule has 0 unspecified atom stereocenters. The summed E-state index contributed by atoms with van der Waals surface area (Å²) >= 11 is 0. The molecule has 4 N–H and O–H groups in total. The number of anilines is 2. The Hall–Kier alpha value is -4.14. The third-order valence-corrected chi connectivity index (χ3v) is 4.49. The van der Waals surface area contributed by atoms with Crippen LogP contribution in [0.1, 0.15) is 26.4 Å². The van der Waals surface area contributed by atoms with Crippen molar-refractivity contribution in [3.05, 3.63) is 82.0 Å². The van der Waals surface area contributed by atoms with Gasteiger partial charge in [0.05, 0.1) is 29.3 Å². The minimum atomic E-state index is -1.35. The predicted molar refractivity (Wildman–Crippen MR) is 113 cm³/mol. The van der Waals surface area contributed by atoms with E-state index in [0.717, 1.165) is 0 Å². The number of carbonyl (C=O) groups is 2. The number of carboxylic acid groups (broad SMARTS) is 1. The summed E-state index contributed by atoms with van der Waals surface area (Å²) in [6.45, 7) is 0.265. The lowest BCUT2D eigenvalue weighted by atomic mass is 10.1. The van der Waals surface area contributed by atoms with E-state index in [9.17, 15) is 19.5 Å². The summed E-state index contributed by atoms with van der Waals surface area (Å²) in [5.41, 5.74) is 6.39. The summed E-state index contributed by atoms with van der Waals surface area (Å²) < 4.78 is 1.23. The number of rotatable bonds is 7. The molecule has 3 rings (SSSR count). The number of hydrogen-bond donors (Lipinski definition) is 3. The second-order valence-electron chi connectivity index (χ2n) is 6.72. The maximum Gasteiger partial charge on any atom is 0.343 e. The van der Waals surface area contributed by atoms with Crippen molar-refractivity contribution in [1.29, 1.82) is 0 Å². The van der Waals surface area contributed by atoms with Gasteiger partial charge in [-0.15, -0.1) is 0 Å². The smallest absolute Gasteiger partial charge is 0.343 e. The van der Waals surface area contributed by atoms with E-state index in [0.29, 0.717) is 17.1 Å². The molecule has 9 nitrogen and oxygen atoms in total. The van der Waals surface area contributed by atoms with Crippen LogP contribution in [0.15, 0.2) is 59.7 Å². The SMILES string of the molecule is CN(C)c1cc(C(N)=O)ccc1-n1ccc(NCc2ccccn2)c(C(=O)O)c1=O. The predicted octanol–water partition coefficient (Wildman–Crippen LogP) is 1.71. The molecule has 2 heterocycles. The molecule has 2 aromatic heterocycles. The molecule has 0 fully saturated rings. The summed E-state index contributed by atoms with van der Waals surface area (Å²) in [6, 6.07) is 11.5. The Morgan fingerprint density at radius 1 is 1.20 bits per heavy atom. The Morgan fingerprint density at radius 2 is 1.97 bits per heavy atom. The number of carboxylic acids is 1. The first-order valence-electron chi connectivity index (χ1n) is 9.04. The molecule has 0 aliphatic carbocycles. The van der Waals surface area contributed by atoms with E-state index >= 15 is 0 Å². The van der Waals surface area contributed by atoms with Gasteiger partial charge in [-0.3, -0.25) is 19.1 Å². The van der Waals surface area contributed by atoms with Crippen molar-refractivity contribution in [1.82, 2.24) is 9.55 Å². The molecule has 0 radical (unpaired) electrons. The fourth-order valence-corrected chi connectivity index (χ4v) is 3.01. The van der Waals surface area contributed by atoms with E-state index in [1.165, 1.54) is 22.9 Å². The Labute approximate surface area is 172 Å². The molecule has 1 aromatic carbocycles. The van der Waals surface area contributed by atoms with Gasteiger partial charge in [0.25, 0.3) is 5.56 Å². The highest BCUT2D eigenvalue weighted by molar-refractivity contribution is 5.95. The number of nitrogens with zero attached hydrogens (tertiary/aromatic N) is 3. The molecule has 0 saturated heterocycles. The second-order valence-corrected chi connectivity index (χ2v) is 6.72. The zero-order chi connectivity index (χ0) is 21.8. The molecule has 9 heteroatoms. The summed E-state index contributed by atoms with van der Waals surface area (Å²) in [7, 11) is 3.49. The Bertz CT molecular complexity index is 1160. The topological polar surface area (TPSA) is 131 Å². The zero-order valence-corrected chi connectivity index (χ0v) is 16.5. The van der Waals surface area contributed by atoms with Crippen LogP contribution in [-0.2, 0) is 6.54 Å². The summed E-state index contributed by atoms with van der Waals surface area (Å²) in [5.74, 6) is -1.95. The highest BCUT2D eigenvalue weighted by Crippen LogP contribution is 2.24. The lowest BCUT2D eigenvalue weighted by molar-refractivity contribution is 0.0695. The van der Waals surface area contributed by atoms with Crippen molar-refractivity contribution in [2.45, 2.75) is 6.54 Å². The van der Waals surface area contributed by atoms with Crippen LogP contribution in [-0.4, -0.2) is 40.6 Å². The average Bonchev–Trinajstić information content (AvgIpc) is 2.72. The van der Waals surface area contributed by atoms with Crippen molar-refractivity contribution >= 4 is 23.3 Å². The van der Waals surface area contributed by atoms with Crippen LogP contribution < -0.4 is 21.5 Å². The number of nitrogens with two attached hydrogens (primary N) is 1. The van der Waals surface area contributed by atoms with E-state index in [2.05, 4.69) is 10.3 Å². The number of benzene rings is 1. The Balaban J connectivity index is 2.07. The minimum absolute atomic E-state index is 0.189. The van der Waals surface area contributed by atoms with Crippen LogP contribution in [0.25, 0.3) is 5.69 Å². The lowest BCUT2D eigenvalue weighted by Crippen LogP contribution is -2.28. The Kier molecular flexibility index (Phi) is 5.82. The molecule has 30 heavy (non-hydrogen) atoms. The molecular weight excluding hydrogens is 386 g/mol. The third-order valence-electron chi connectivity index (χ3n) is 4.49. The first-order chi connectivity index (χ1) is 14.3. The van der Waals surface area contributed by atoms with Gasteiger partial charge >= 0.3 is 5.97 Å². The molecule has 0 spiro atoms.